The van der Waals surface area contributed by atoms with Crippen LogP contribution in [0.2, 0.25) is 0 Å². The van der Waals surface area contributed by atoms with Crippen molar-refractivity contribution in [3.05, 3.63) is 25.0 Å². The van der Waals surface area contributed by atoms with E-state index < -0.39 is 18.1 Å². The predicted octanol–water partition coefficient (Wildman–Crippen LogP) is 3.14. The molecule has 0 radical (unpaired) electrons. The maximum Gasteiger partial charge on any atom is 0.415 e. The van der Waals surface area contributed by atoms with Crippen LogP contribution in [0.3, 0.4) is 0 Å². The van der Waals surface area contributed by atoms with Gasteiger partial charge in [-0.05, 0) is 34.1 Å². The molecule has 6 heteroatoms. The summed E-state index contributed by atoms with van der Waals surface area (Å²) in [5.74, 6) is -0.606. The van der Waals surface area contributed by atoms with Gasteiger partial charge in [-0.15, -0.1) is 0 Å². The number of rotatable bonds is 6. The topological polar surface area (TPSA) is 65.1 Å². The molecule has 0 saturated carbocycles. The molecule has 24 heavy (non-hydrogen) atoms. The summed E-state index contributed by atoms with van der Waals surface area (Å²) in [4.78, 5) is 25.9. The molecule has 1 aliphatic heterocycles. The van der Waals surface area contributed by atoms with Gasteiger partial charge in [-0.25, -0.2) is 9.59 Å². The number of hydrogen-bond acceptors (Lipinski definition) is 5. The van der Waals surface area contributed by atoms with E-state index in [1.807, 2.05) is 27.7 Å². The molecular weight excluding hydrogens is 310 g/mol. The second-order valence-electron chi connectivity index (χ2n) is 7.04. The standard InChI is InChI=1S/C18H29NO5/c1-8-23-17(21)19-11-14(12(2)3)13(15(19)16(20)22-7)9-10-24-18(4,5)6/h8,13-15H,1-2,9-11H2,3-7H3/t13-,14-,15-/m1/s1. The second kappa shape index (κ2) is 8.33. The molecule has 0 aliphatic carbocycles. The van der Waals surface area contributed by atoms with Crippen LogP contribution in [-0.2, 0) is 19.0 Å². The normalized spacial score (nSPS) is 23.7. The van der Waals surface area contributed by atoms with Crippen molar-refractivity contribution in [2.24, 2.45) is 11.8 Å². The summed E-state index contributed by atoms with van der Waals surface area (Å²) in [6.07, 6.45) is 1.07. The predicted molar refractivity (Wildman–Crippen MR) is 91.3 cm³/mol. The molecule has 1 amide bonds. The average Bonchev–Trinajstić information content (AvgIpc) is 2.85. The molecule has 0 aromatic heterocycles. The molecule has 0 spiro atoms. The number of carbonyl (C=O) groups excluding carboxylic acids is 2. The van der Waals surface area contributed by atoms with Crippen molar-refractivity contribution < 1.29 is 23.8 Å². The molecule has 1 fully saturated rings. The van der Waals surface area contributed by atoms with Crippen LogP contribution in [0.25, 0.3) is 0 Å². The monoisotopic (exact) mass is 339 g/mol. The number of ether oxygens (including phenoxy) is 3. The molecular formula is C18H29NO5. The quantitative estimate of drug-likeness (QED) is 0.422. The third-order valence-corrected chi connectivity index (χ3v) is 4.13. The lowest BCUT2D eigenvalue weighted by molar-refractivity contribution is -0.147. The van der Waals surface area contributed by atoms with Crippen molar-refractivity contribution in [3.63, 3.8) is 0 Å². The molecule has 6 nitrogen and oxygen atoms in total. The second-order valence-corrected chi connectivity index (χ2v) is 7.04. The molecule has 1 aliphatic rings. The molecule has 1 heterocycles. The van der Waals surface area contributed by atoms with Crippen molar-refractivity contribution >= 4 is 12.1 Å². The van der Waals surface area contributed by atoms with Crippen LogP contribution in [0.15, 0.2) is 25.0 Å². The van der Waals surface area contributed by atoms with Gasteiger partial charge in [-0.3, -0.25) is 4.90 Å². The molecule has 0 aromatic carbocycles. The van der Waals surface area contributed by atoms with E-state index in [2.05, 4.69) is 13.2 Å². The highest BCUT2D eigenvalue weighted by atomic mass is 16.6. The first-order valence-electron chi connectivity index (χ1n) is 8.07. The van der Waals surface area contributed by atoms with E-state index in [1.165, 1.54) is 12.0 Å². The van der Waals surface area contributed by atoms with E-state index in [9.17, 15) is 9.59 Å². The van der Waals surface area contributed by atoms with Crippen LogP contribution in [0.5, 0.6) is 0 Å². The number of esters is 1. The maximum atomic E-state index is 12.3. The van der Waals surface area contributed by atoms with E-state index in [0.717, 1.165) is 11.8 Å². The Bertz CT molecular complexity index is 494. The largest absolute Gasteiger partial charge is 0.467 e. The molecule has 136 valence electrons. The minimum atomic E-state index is -0.715. The number of carbonyl (C=O) groups is 2. The molecule has 0 aromatic rings. The van der Waals surface area contributed by atoms with Gasteiger partial charge in [-0.1, -0.05) is 18.7 Å². The van der Waals surface area contributed by atoms with Gasteiger partial charge in [0.05, 0.1) is 19.0 Å². The summed E-state index contributed by atoms with van der Waals surface area (Å²) >= 11 is 0. The van der Waals surface area contributed by atoms with Crippen LogP contribution >= 0.6 is 0 Å². The zero-order valence-electron chi connectivity index (χ0n) is 15.3. The zero-order valence-corrected chi connectivity index (χ0v) is 15.3. The molecule has 1 saturated heterocycles. The Balaban J connectivity index is 3.02. The van der Waals surface area contributed by atoms with Crippen LogP contribution in [0, 0.1) is 11.8 Å². The third kappa shape index (κ3) is 5.09. The highest BCUT2D eigenvalue weighted by molar-refractivity contribution is 5.83. The van der Waals surface area contributed by atoms with Gasteiger partial charge < -0.3 is 14.2 Å². The van der Waals surface area contributed by atoms with Crippen molar-refractivity contribution in [1.29, 1.82) is 0 Å². The van der Waals surface area contributed by atoms with Gasteiger partial charge >= 0.3 is 12.1 Å². The highest BCUT2D eigenvalue weighted by Crippen LogP contribution is 2.37. The lowest BCUT2D eigenvalue weighted by Gasteiger charge is -2.27. The van der Waals surface area contributed by atoms with Crippen molar-refractivity contribution in [2.45, 2.75) is 45.8 Å². The van der Waals surface area contributed by atoms with E-state index >= 15 is 0 Å². The Labute approximate surface area is 144 Å². The SMILES string of the molecule is C=COC(=O)N1C[C@H](C(=C)C)[C@@H](CCOC(C)(C)C)[C@@H]1C(=O)OC. The zero-order chi connectivity index (χ0) is 18.5. The minimum Gasteiger partial charge on any atom is -0.467 e. The van der Waals surface area contributed by atoms with E-state index in [1.54, 1.807) is 0 Å². The van der Waals surface area contributed by atoms with Crippen LogP contribution in [-0.4, -0.2) is 48.9 Å². The first kappa shape index (κ1) is 20.2. The number of amides is 1. The van der Waals surface area contributed by atoms with Gasteiger partial charge in [0.15, 0.2) is 0 Å². The fraction of sp³-hybridized carbons (Fsp3) is 0.667. The first-order chi connectivity index (χ1) is 11.1. The van der Waals surface area contributed by atoms with Crippen LogP contribution < -0.4 is 0 Å². The van der Waals surface area contributed by atoms with E-state index in [0.29, 0.717) is 19.6 Å². The molecule has 0 bridgehead atoms. The van der Waals surface area contributed by atoms with Gasteiger partial charge in [0.1, 0.15) is 6.04 Å². The summed E-state index contributed by atoms with van der Waals surface area (Å²) in [5, 5.41) is 0. The minimum absolute atomic E-state index is 0.0185. The van der Waals surface area contributed by atoms with Crippen molar-refractivity contribution in [3.8, 4) is 0 Å². The Morgan fingerprint density at radius 3 is 2.42 bits per heavy atom. The summed E-state index contributed by atoms with van der Waals surface area (Å²) in [7, 11) is 1.32. The maximum absolute atomic E-state index is 12.3. The van der Waals surface area contributed by atoms with Gasteiger partial charge in [0.2, 0.25) is 0 Å². The van der Waals surface area contributed by atoms with Crippen molar-refractivity contribution in [2.75, 3.05) is 20.3 Å². The first-order valence-corrected chi connectivity index (χ1v) is 8.07. The van der Waals surface area contributed by atoms with E-state index in [-0.39, 0.29) is 17.4 Å². The summed E-state index contributed by atoms with van der Waals surface area (Å²) < 4.78 is 15.6. The fourth-order valence-electron chi connectivity index (χ4n) is 3.04. The molecule has 3 atom stereocenters. The third-order valence-electron chi connectivity index (χ3n) is 4.13. The lowest BCUT2D eigenvalue weighted by atomic mass is 9.84. The number of methoxy groups -OCH3 is 1. The number of nitrogens with zero attached hydrogens (tertiary/aromatic N) is 1. The molecule has 0 N–H and O–H groups in total. The number of hydrogen-bond donors (Lipinski definition) is 0. The molecule has 0 unspecified atom stereocenters. The Morgan fingerprint density at radius 1 is 1.33 bits per heavy atom. The fourth-order valence-corrected chi connectivity index (χ4v) is 3.04. The summed E-state index contributed by atoms with van der Waals surface area (Å²) in [6.45, 7) is 16.1. The Kier molecular flexibility index (Phi) is 7.02. The van der Waals surface area contributed by atoms with Crippen LogP contribution in [0.1, 0.15) is 34.1 Å². The van der Waals surface area contributed by atoms with E-state index in [4.69, 9.17) is 14.2 Å². The summed E-state index contributed by atoms with van der Waals surface area (Å²) in [5.41, 5.74) is 0.651. The van der Waals surface area contributed by atoms with Gasteiger partial charge in [0.25, 0.3) is 0 Å². The number of likely N-dealkylation sites (tertiary alicyclic amines) is 1. The summed E-state index contributed by atoms with van der Waals surface area (Å²) in [6, 6.07) is -0.715. The molecule has 1 rings (SSSR count). The lowest BCUT2D eigenvalue weighted by Crippen LogP contribution is -2.44. The van der Waals surface area contributed by atoms with Crippen LogP contribution in [0.4, 0.5) is 4.79 Å². The van der Waals surface area contributed by atoms with Gasteiger partial charge in [-0.2, -0.15) is 0 Å². The van der Waals surface area contributed by atoms with Crippen molar-refractivity contribution in [1.82, 2.24) is 4.90 Å². The Hall–Kier alpha value is -1.82. The van der Waals surface area contributed by atoms with Gasteiger partial charge in [0, 0.05) is 25.0 Å². The average molecular weight is 339 g/mol. The Morgan fingerprint density at radius 2 is 1.96 bits per heavy atom. The highest BCUT2D eigenvalue weighted by Gasteiger charge is 2.49. The smallest absolute Gasteiger partial charge is 0.415 e.